The minimum absolute atomic E-state index is 0.341. The van der Waals surface area contributed by atoms with Crippen LogP contribution >= 0.6 is 11.3 Å². The highest BCUT2D eigenvalue weighted by atomic mass is 32.1. The molecule has 2 heteroatoms. The molecular weight excluding hydrogens is 202 g/mol. The lowest BCUT2D eigenvalue weighted by Gasteiger charge is -2.10. The Morgan fingerprint density at radius 3 is 2.67 bits per heavy atom. The smallest absolute Gasteiger partial charge is 0.0348 e. The molecule has 1 heterocycles. The van der Waals surface area contributed by atoms with Gasteiger partial charge in [0.05, 0.1) is 0 Å². The predicted octanol–water partition coefficient (Wildman–Crippen LogP) is 3.20. The summed E-state index contributed by atoms with van der Waals surface area (Å²) in [5.41, 5.74) is 7.70. The molecule has 0 spiro atoms. The second-order valence-electron chi connectivity index (χ2n) is 4.54. The third kappa shape index (κ3) is 1.25. The summed E-state index contributed by atoms with van der Waals surface area (Å²) in [6, 6.07) is 8.66. The van der Waals surface area contributed by atoms with E-state index in [2.05, 4.69) is 31.2 Å². The Morgan fingerprint density at radius 1 is 1.33 bits per heavy atom. The molecule has 0 atom stereocenters. The maximum Gasteiger partial charge on any atom is 0.0348 e. The minimum Gasteiger partial charge on any atom is -0.330 e. The van der Waals surface area contributed by atoms with Gasteiger partial charge in [0.1, 0.15) is 0 Å². The van der Waals surface area contributed by atoms with E-state index in [1.165, 1.54) is 33.4 Å². The SMILES string of the molecule is Cc1c(C2(CN)CC2)sc2ccccc12. The standard InChI is InChI=1S/C13H15NS/c1-9-10-4-2-3-5-11(10)15-12(9)13(8-14)6-7-13/h2-5H,6-8,14H2,1H3. The Kier molecular flexibility index (Phi) is 1.91. The van der Waals surface area contributed by atoms with E-state index in [1.807, 2.05) is 11.3 Å². The van der Waals surface area contributed by atoms with Gasteiger partial charge in [-0.15, -0.1) is 11.3 Å². The second-order valence-corrected chi connectivity index (χ2v) is 5.59. The summed E-state index contributed by atoms with van der Waals surface area (Å²) < 4.78 is 1.41. The first kappa shape index (κ1) is 9.37. The van der Waals surface area contributed by atoms with Crippen LogP contribution in [0.5, 0.6) is 0 Å². The van der Waals surface area contributed by atoms with Crippen molar-refractivity contribution in [1.82, 2.24) is 0 Å². The van der Waals surface area contributed by atoms with Crippen molar-refractivity contribution in [2.75, 3.05) is 6.54 Å². The van der Waals surface area contributed by atoms with E-state index in [9.17, 15) is 0 Å². The lowest BCUT2D eigenvalue weighted by molar-refractivity contribution is 0.716. The van der Waals surface area contributed by atoms with E-state index in [4.69, 9.17) is 5.73 Å². The third-order valence-corrected chi connectivity index (χ3v) is 5.09. The lowest BCUT2D eigenvalue weighted by Crippen LogP contribution is -2.19. The average molecular weight is 217 g/mol. The zero-order valence-corrected chi connectivity index (χ0v) is 9.73. The number of aryl methyl sites for hydroxylation is 1. The van der Waals surface area contributed by atoms with Gasteiger partial charge in [-0.3, -0.25) is 0 Å². The molecule has 1 aromatic carbocycles. The van der Waals surface area contributed by atoms with Gasteiger partial charge in [-0.05, 0) is 36.8 Å². The van der Waals surface area contributed by atoms with Gasteiger partial charge in [0.25, 0.3) is 0 Å². The molecule has 1 saturated carbocycles. The molecule has 3 rings (SSSR count). The van der Waals surface area contributed by atoms with E-state index in [0.717, 1.165) is 6.54 Å². The molecule has 0 amide bonds. The topological polar surface area (TPSA) is 26.0 Å². The molecule has 0 unspecified atom stereocenters. The van der Waals surface area contributed by atoms with Crippen LogP contribution in [0.1, 0.15) is 23.3 Å². The molecule has 0 saturated heterocycles. The van der Waals surface area contributed by atoms with Crippen LogP contribution in [0.15, 0.2) is 24.3 Å². The number of benzene rings is 1. The first-order valence-corrected chi connectivity index (χ1v) is 6.27. The van der Waals surface area contributed by atoms with Crippen molar-refractivity contribution in [1.29, 1.82) is 0 Å². The van der Waals surface area contributed by atoms with Crippen molar-refractivity contribution in [3.8, 4) is 0 Å². The van der Waals surface area contributed by atoms with Crippen LogP contribution in [-0.2, 0) is 5.41 Å². The molecule has 0 bridgehead atoms. The van der Waals surface area contributed by atoms with Gasteiger partial charge in [0.2, 0.25) is 0 Å². The van der Waals surface area contributed by atoms with Crippen LogP contribution in [0.2, 0.25) is 0 Å². The summed E-state index contributed by atoms with van der Waals surface area (Å²) in [5.74, 6) is 0. The zero-order chi connectivity index (χ0) is 10.5. The van der Waals surface area contributed by atoms with E-state index >= 15 is 0 Å². The van der Waals surface area contributed by atoms with Crippen molar-refractivity contribution in [2.45, 2.75) is 25.2 Å². The van der Waals surface area contributed by atoms with Crippen LogP contribution in [0.4, 0.5) is 0 Å². The highest BCUT2D eigenvalue weighted by Gasteiger charge is 2.45. The van der Waals surface area contributed by atoms with Gasteiger partial charge >= 0.3 is 0 Å². The summed E-state index contributed by atoms with van der Waals surface area (Å²) in [7, 11) is 0. The van der Waals surface area contributed by atoms with Crippen LogP contribution in [0, 0.1) is 6.92 Å². The molecule has 1 nitrogen and oxygen atoms in total. The Hall–Kier alpha value is -0.860. The highest BCUT2D eigenvalue weighted by Crippen LogP contribution is 2.52. The Bertz CT molecular complexity index is 508. The monoisotopic (exact) mass is 217 g/mol. The number of fused-ring (bicyclic) bond motifs is 1. The van der Waals surface area contributed by atoms with Crippen molar-refractivity contribution in [2.24, 2.45) is 5.73 Å². The van der Waals surface area contributed by atoms with Crippen LogP contribution < -0.4 is 5.73 Å². The second kappa shape index (κ2) is 3.06. The Balaban J connectivity index is 2.24. The van der Waals surface area contributed by atoms with Crippen LogP contribution in [0.25, 0.3) is 10.1 Å². The van der Waals surface area contributed by atoms with Crippen LogP contribution in [-0.4, -0.2) is 6.54 Å². The molecule has 1 aromatic heterocycles. The van der Waals surface area contributed by atoms with Crippen LogP contribution in [0.3, 0.4) is 0 Å². The fraction of sp³-hybridized carbons (Fsp3) is 0.385. The Morgan fingerprint density at radius 2 is 2.07 bits per heavy atom. The summed E-state index contributed by atoms with van der Waals surface area (Å²) in [6.45, 7) is 3.05. The molecule has 1 aliphatic rings. The number of thiophene rings is 1. The maximum atomic E-state index is 5.90. The largest absolute Gasteiger partial charge is 0.330 e. The molecule has 15 heavy (non-hydrogen) atoms. The number of nitrogens with two attached hydrogens (primary N) is 1. The molecule has 2 aromatic rings. The van der Waals surface area contributed by atoms with Gasteiger partial charge in [0, 0.05) is 21.5 Å². The average Bonchev–Trinajstić information content (AvgIpc) is 3.00. The molecule has 0 aliphatic heterocycles. The summed E-state index contributed by atoms with van der Waals surface area (Å²) in [5, 5.41) is 1.41. The quantitative estimate of drug-likeness (QED) is 0.821. The van der Waals surface area contributed by atoms with E-state index < -0.39 is 0 Å². The summed E-state index contributed by atoms with van der Waals surface area (Å²) >= 11 is 1.94. The van der Waals surface area contributed by atoms with E-state index in [-0.39, 0.29) is 0 Å². The van der Waals surface area contributed by atoms with E-state index in [0.29, 0.717) is 5.41 Å². The van der Waals surface area contributed by atoms with Gasteiger partial charge in [-0.25, -0.2) is 0 Å². The normalized spacial score (nSPS) is 18.3. The third-order valence-electron chi connectivity index (χ3n) is 3.57. The highest BCUT2D eigenvalue weighted by molar-refractivity contribution is 7.19. The predicted molar refractivity (Wildman–Crippen MR) is 66.5 cm³/mol. The first-order valence-electron chi connectivity index (χ1n) is 5.45. The zero-order valence-electron chi connectivity index (χ0n) is 8.92. The number of hydrogen-bond acceptors (Lipinski definition) is 2. The maximum absolute atomic E-state index is 5.90. The van der Waals surface area contributed by atoms with Gasteiger partial charge in [-0.1, -0.05) is 18.2 Å². The number of hydrogen-bond donors (Lipinski definition) is 1. The molecule has 0 radical (unpaired) electrons. The minimum atomic E-state index is 0.341. The first-order chi connectivity index (χ1) is 7.27. The molecule has 1 aliphatic carbocycles. The number of rotatable bonds is 2. The van der Waals surface area contributed by atoms with Gasteiger partial charge < -0.3 is 5.73 Å². The van der Waals surface area contributed by atoms with Gasteiger partial charge in [0.15, 0.2) is 0 Å². The van der Waals surface area contributed by atoms with Crippen molar-refractivity contribution < 1.29 is 0 Å². The summed E-state index contributed by atoms with van der Waals surface area (Å²) in [6.07, 6.45) is 2.55. The summed E-state index contributed by atoms with van der Waals surface area (Å²) in [4.78, 5) is 1.53. The molecular formula is C13H15NS. The van der Waals surface area contributed by atoms with E-state index in [1.54, 1.807) is 0 Å². The molecule has 2 N–H and O–H groups in total. The van der Waals surface area contributed by atoms with Crippen molar-refractivity contribution in [3.63, 3.8) is 0 Å². The lowest BCUT2D eigenvalue weighted by atomic mass is 10.00. The Labute approximate surface area is 93.9 Å². The fourth-order valence-corrected chi connectivity index (χ4v) is 3.82. The van der Waals surface area contributed by atoms with Gasteiger partial charge in [-0.2, -0.15) is 0 Å². The molecule has 78 valence electrons. The van der Waals surface area contributed by atoms with Crippen molar-refractivity contribution in [3.05, 3.63) is 34.7 Å². The molecule has 1 fully saturated rings. The fourth-order valence-electron chi connectivity index (χ4n) is 2.36. The van der Waals surface area contributed by atoms with Crippen molar-refractivity contribution >= 4 is 21.4 Å².